The van der Waals surface area contributed by atoms with Gasteiger partial charge in [0, 0.05) is 12.1 Å². The molecule has 0 aromatic carbocycles. The molecule has 1 aromatic heterocycles. The molecule has 0 bridgehead atoms. The van der Waals surface area contributed by atoms with E-state index >= 15 is 0 Å². The standard InChI is InChI=1S/C9H12N2O/c1-6(2)9(12)8-4-5-10-7(3)11-8/h4-6H,1-3H3. The Bertz CT molecular complexity index is 294. The van der Waals surface area contributed by atoms with Crippen molar-refractivity contribution in [3.8, 4) is 0 Å². The van der Waals surface area contributed by atoms with Crippen LogP contribution in [0.4, 0.5) is 0 Å². The summed E-state index contributed by atoms with van der Waals surface area (Å²) < 4.78 is 0. The summed E-state index contributed by atoms with van der Waals surface area (Å²) in [5.41, 5.74) is 0.512. The van der Waals surface area contributed by atoms with Gasteiger partial charge in [-0.2, -0.15) is 0 Å². The second kappa shape index (κ2) is 3.43. The molecule has 0 aliphatic heterocycles. The summed E-state index contributed by atoms with van der Waals surface area (Å²) in [6, 6.07) is 1.65. The smallest absolute Gasteiger partial charge is 0.183 e. The van der Waals surface area contributed by atoms with Crippen molar-refractivity contribution in [1.82, 2.24) is 9.97 Å². The molecular weight excluding hydrogens is 152 g/mol. The fourth-order valence-corrected chi connectivity index (χ4v) is 0.889. The Morgan fingerprint density at radius 3 is 2.67 bits per heavy atom. The predicted octanol–water partition coefficient (Wildman–Crippen LogP) is 1.62. The first-order chi connectivity index (χ1) is 5.61. The van der Waals surface area contributed by atoms with Crippen LogP contribution in [0.15, 0.2) is 12.3 Å². The summed E-state index contributed by atoms with van der Waals surface area (Å²) in [7, 11) is 0. The van der Waals surface area contributed by atoms with Gasteiger partial charge in [-0.15, -0.1) is 0 Å². The van der Waals surface area contributed by atoms with Crippen LogP contribution >= 0.6 is 0 Å². The van der Waals surface area contributed by atoms with Gasteiger partial charge < -0.3 is 0 Å². The highest BCUT2D eigenvalue weighted by atomic mass is 16.1. The number of carbonyl (C=O) groups excluding carboxylic acids is 1. The van der Waals surface area contributed by atoms with E-state index in [0.29, 0.717) is 11.5 Å². The topological polar surface area (TPSA) is 42.9 Å². The van der Waals surface area contributed by atoms with Gasteiger partial charge >= 0.3 is 0 Å². The molecular formula is C9H12N2O. The zero-order valence-corrected chi connectivity index (χ0v) is 7.53. The lowest BCUT2D eigenvalue weighted by molar-refractivity contribution is 0.0934. The highest BCUT2D eigenvalue weighted by Gasteiger charge is 2.11. The Labute approximate surface area is 71.9 Å². The molecule has 0 aliphatic carbocycles. The second-order valence-corrected chi connectivity index (χ2v) is 3.01. The molecule has 0 saturated heterocycles. The highest BCUT2D eigenvalue weighted by Crippen LogP contribution is 2.04. The quantitative estimate of drug-likeness (QED) is 0.624. The van der Waals surface area contributed by atoms with Crippen molar-refractivity contribution in [1.29, 1.82) is 0 Å². The molecule has 12 heavy (non-hydrogen) atoms. The van der Waals surface area contributed by atoms with Crippen molar-refractivity contribution in [2.45, 2.75) is 20.8 Å². The Hall–Kier alpha value is -1.25. The van der Waals surface area contributed by atoms with Crippen LogP contribution < -0.4 is 0 Å². The zero-order chi connectivity index (χ0) is 9.14. The maximum atomic E-state index is 11.4. The molecule has 0 atom stereocenters. The van der Waals surface area contributed by atoms with Crippen LogP contribution in [0.25, 0.3) is 0 Å². The van der Waals surface area contributed by atoms with Gasteiger partial charge in [0.25, 0.3) is 0 Å². The van der Waals surface area contributed by atoms with Crippen molar-refractivity contribution in [3.63, 3.8) is 0 Å². The zero-order valence-electron chi connectivity index (χ0n) is 7.53. The molecule has 0 radical (unpaired) electrons. The molecule has 0 amide bonds. The van der Waals surface area contributed by atoms with Crippen LogP contribution in [0, 0.1) is 12.8 Å². The second-order valence-electron chi connectivity index (χ2n) is 3.01. The minimum atomic E-state index is -0.000648. The molecule has 0 N–H and O–H groups in total. The summed E-state index contributed by atoms with van der Waals surface area (Å²) in [4.78, 5) is 19.4. The van der Waals surface area contributed by atoms with Crippen molar-refractivity contribution >= 4 is 5.78 Å². The van der Waals surface area contributed by atoms with Crippen molar-refractivity contribution in [2.75, 3.05) is 0 Å². The Morgan fingerprint density at radius 1 is 1.50 bits per heavy atom. The van der Waals surface area contributed by atoms with Crippen LogP contribution in [0.3, 0.4) is 0 Å². The Morgan fingerprint density at radius 2 is 2.17 bits per heavy atom. The molecule has 1 aromatic rings. The summed E-state index contributed by atoms with van der Waals surface area (Å²) in [6.07, 6.45) is 1.61. The molecule has 0 spiro atoms. The first kappa shape index (κ1) is 8.84. The van der Waals surface area contributed by atoms with Crippen LogP contribution in [-0.4, -0.2) is 15.8 Å². The number of rotatable bonds is 2. The molecule has 0 unspecified atom stereocenters. The molecule has 0 saturated carbocycles. The van der Waals surface area contributed by atoms with Crippen LogP contribution in [-0.2, 0) is 0 Å². The van der Waals surface area contributed by atoms with E-state index in [4.69, 9.17) is 0 Å². The number of hydrogen-bond acceptors (Lipinski definition) is 3. The van der Waals surface area contributed by atoms with Crippen molar-refractivity contribution in [3.05, 3.63) is 23.8 Å². The van der Waals surface area contributed by atoms with Crippen LogP contribution in [0.1, 0.15) is 30.2 Å². The monoisotopic (exact) mass is 164 g/mol. The summed E-state index contributed by atoms with van der Waals surface area (Å²) in [6.45, 7) is 5.50. The first-order valence-corrected chi connectivity index (χ1v) is 3.95. The lowest BCUT2D eigenvalue weighted by atomic mass is 10.1. The number of ketones is 1. The van der Waals surface area contributed by atoms with E-state index in [0.717, 1.165) is 0 Å². The van der Waals surface area contributed by atoms with Gasteiger partial charge in [0.2, 0.25) is 0 Å². The lowest BCUT2D eigenvalue weighted by Crippen LogP contribution is -2.10. The maximum absolute atomic E-state index is 11.4. The Balaban J connectivity index is 2.96. The minimum absolute atomic E-state index is 0.000648. The normalized spacial score (nSPS) is 10.3. The molecule has 1 rings (SSSR count). The van der Waals surface area contributed by atoms with E-state index in [1.54, 1.807) is 19.2 Å². The number of aryl methyl sites for hydroxylation is 1. The van der Waals surface area contributed by atoms with E-state index in [2.05, 4.69) is 9.97 Å². The average Bonchev–Trinajstić information content (AvgIpc) is 2.03. The molecule has 0 aliphatic rings. The number of hydrogen-bond donors (Lipinski definition) is 0. The number of nitrogens with zero attached hydrogens (tertiary/aromatic N) is 2. The predicted molar refractivity (Wildman–Crippen MR) is 45.9 cm³/mol. The van der Waals surface area contributed by atoms with E-state index < -0.39 is 0 Å². The third kappa shape index (κ3) is 1.87. The maximum Gasteiger partial charge on any atom is 0.183 e. The van der Waals surface area contributed by atoms with Gasteiger partial charge in [-0.05, 0) is 13.0 Å². The summed E-state index contributed by atoms with van der Waals surface area (Å²) in [5.74, 6) is 0.710. The van der Waals surface area contributed by atoms with Gasteiger partial charge in [-0.1, -0.05) is 13.8 Å². The first-order valence-electron chi connectivity index (χ1n) is 3.95. The van der Waals surface area contributed by atoms with Crippen molar-refractivity contribution < 1.29 is 4.79 Å². The van der Waals surface area contributed by atoms with Crippen LogP contribution in [0.5, 0.6) is 0 Å². The van der Waals surface area contributed by atoms with E-state index in [9.17, 15) is 4.79 Å². The van der Waals surface area contributed by atoms with Gasteiger partial charge in [0.15, 0.2) is 5.78 Å². The SMILES string of the molecule is Cc1nccc(C(=O)C(C)C)n1. The Kier molecular flexibility index (Phi) is 2.53. The number of carbonyl (C=O) groups is 1. The minimum Gasteiger partial charge on any atom is -0.292 e. The molecule has 3 nitrogen and oxygen atoms in total. The number of Topliss-reactive ketones (excluding diaryl/α,β-unsaturated/α-hetero) is 1. The third-order valence-corrected chi connectivity index (χ3v) is 1.55. The fourth-order valence-electron chi connectivity index (χ4n) is 0.889. The molecule has 64 valence electrons. The summed E-state index contributed by atoms with van der Waals surface area (Å²) in [5, 5.41) is 0. The molecule has 0 fully saturated rings. The molecule has 1 heterocycles. The summed E-state index contributed by atoms with van der Waals surface area (Å²) >= 11 is 0. The largest absolute Gasteiger partial charge is 0.292 e. The van der Waals surface area contributed by atoms with Crippen molar-refractivity contribution in [2.24, 2.45) is 5.92 Å². The van der Waals surface area contributed by atoms with Gasteiger partial charge in [0.1, 0.15) is 11.5 Å². The van der Waals surface area contributed by atoms with E-state index in [-0.39, 0.29) is 11.7 Å². The van der Waals surface area contributed by atoms with Gasteiger partial charge in [-0.25, -0.2) is 9.97 Å². The number of aromatic nitrogens is 2. The van der Waals surface area contributed by atoms with E-state index in [1.807, 2.05) is 13.8 Å². The van der Waals surface area contributed by atoms with Gasteiger partial charge in [0.05, 0.1) is 0 Å². The van der Waals surface area contributed by atoms with Crippen LogP contribution in [0.2, 0.25) is 0 Å². The lowest BCUT2D eigenvalue weighted by Gasteiger charge is -2.02. The van der Waals surface area contributed by atoms with E-state index in [1.165, 1.54) is 0 Å². The fraction of sp³-hybridized carbons (Fsp3) is 0.444. The highest BCUT2D eigenvalue weighted by molar-refractivity contribution is 5.95. The van der Waals surface area contributed by atoms with Gasteiger partial charge in [-0.3, -0.25) is 4.79 Å². The average molecular weight is 164 g/mol. The molecule has 3 heteroatoms. The third-order valence-electron chi connectivity index (χ3n) is 1.55.